The number of ether oxygens (including phenoxy) is 1. The molecule has 0 saturated carbocycles. The predicted molar refractivity (Wildman–Crippen MR) is 90.1 cm³/mol. The lowest BCUT2D eigenvalue weighted by atomic mass is 10.1. The maximum atomic E-state index is 13.1. The van der Waals surface area contributed by atoms with E-state index in [2.05, 4.69) is 6.92 Å². The fraction of sp³-hybridized carbons (Fsp3) is 0.444. The molecule has 24 heavy (non-hydrogen) atoms. The van der Waals surface area contributed by atoms with Crippen molar-refractivity contribution in [2.24, 2.45) is 0 Å². The maximum Gasteiger partial charge on any atom is 0.305 e. The largest absolute Gasteiger partial charge is 0.481 e. The lowest BCUT2D eigenvalue weighted by molar-refractivity contribution is -0.139. The summed E-state index contributed by atoms with van der Waals surface area (Å²) in [4.78, 5) is 25.8. The summed E-state index contributed by atoms with van der Waals surface area (Å²) in [5.41, 5.74) is 1.65. The number of rotatable bonds is 5. The number of amides is 1. The molecular formula is C18H22N2O4. The standard InChI is InChI=1S/C18H22N2O4/c1-2-7-20-15-6-4-3-5-13(15)10-16(20)18(23)19-8-9-24-12-14(19)11-17(21)22/h3-6,10,14H,2,7-9,11-12H2,1H3,(H,21,22). The molecule has 1 amide bonds. The van der Waals surface area contributed by atoms with Crippen LogP contribution in [-0.4, -0.2) is 52.3 Å². The Morgan fingerprint density at radius 1 is 1.33 bits per heavy atom. The lowest BCUT2D eigenvalue weighted by Gasteiger charge is -2.35. The quantitative estimate of drug-likeness (QED) is 0.913. The van der Waals surface area contributed by atoms with Crippen LogP contribution in [0, 0.1) is 0 Å². The molecule has 0 radical (unpaired) electrons. The minimum Gasteiger partial charge on any atom is -0.481 e. The first-order valence-electron chi connectivity index (χ1n) is 8.30. The van der Waals surface area contributed by atoms with Crippen molar-refractivity contribution in [2.75, 3.05) is 19.8 Å². The topological polar surface area (TPSA) is 71.8 Å². The van der Waals surface area contributed by atoms with Gasteiger partial charge in [0.1, 0.15) is 5.69 Å². The van der Waals surface area contributed by atoms with Crippen molar-refractivity contribution in [3.63, 3.8) is 0 Å². The van der Waals surface area contributed by atoms with Crippen LogP contribution in [-0.2, 0) is 16.1 Å². The Morgan fingerprint density at radius 3 is 2.88 bits per heavy atom. The number of nitrogens with zero attached hydrogens (tertiary/aromatic N) is 2. The zero-order valence-electron chi connectivity index (χ0n) is 13.8. The number of carboxylic acids is 1. The van der Waals surface area contributed by atoms with Crippen LogP contribution >= 0.6 is 0 Å². The molecule has 6 nitrogen and oxygen atoms in total. The highest BCUT2D eigenvalue weighted by Gasteiger charge is 2.31. The molecule has 0 bridgehead atoms. The van der Waals surface area contributed by atoms with Gasteiger partial charge in [0.2, 0.25) is 0 Å². The highest BCUT2D eigenvalue weighted by molar-refractivity contribution is 5.99. The summed E-state index contributed by atoms with van der Waals surface area (Å²) in [6.45, 7) is 3.96. The van der Waals surface area contributed by atoms with Gasteiger partial charge in [0.05, 0.1) is 25.7 Å². The Hall–Kier alpha value is -2.34. The number of morpholine rings is 1. The number of aliphatic carboxylic acids is 1. The van der Waals surface area contributed by atoms with Crippen molar-refractivity contribution in [1.82, 2.24) is 9.47 Å². The molecule has 2 heterocycles. The summed E-state index contributed by atoms with van der Waals surface area (Å²) in [6.07, 6.45) is 0.820. The Morgan fingerprint density at radius 2 is 2.12 bits per heavy atom. The van der Waals surface area contributed by atoms with Gasteiger partial charge >= 0.3 is 5.97 Å². The van der Waals surface area contributed by atoms with Crippen molar-refractivity contribution < 1.29 is 19.4 Å². The van der Waals surface area contributed by atoms with Crippen LogP contribution < -0.4 is 0 Å². The van der Waals surface area contributed by atoms with Gasteiger partial charge in [-0.25, -0.2) is 0 Å². The van der Waals surface area contributed by atoms with Crippen molar-refractivity contribution in [1.29, 1.82) is 0 Å². The van der Waals surface area contributed by atoms with E-state index in [0.29, 0.717) is 18.8 Å². The molecule has 0 spiro atoms. The Labute approximate surface area is 140 Å². The number of hydrogen-bond donors (Lipinski definition) is 1. The monoisotopic (exact) mass is 330 g/mol. The summed E-state index contributed by atoms with van der Waals surface area (Å²) in [5.74, 6) is -1.04. The lowest BCUT2D eigenvalue weighted by Crippen LogP contribution is -2.50. The molecule has 6 heteroatoms. The SMILES string of the molecule is CCCn1c(C(=O)N2CCOCC2CC(=O)O)cc2ccccc21. The minimum atomic E-state index is -0.919. The van der Waals surface area contributed by atoms with E-state index in [1.165, 1.54) is 0 Å². The smallest absolute Gasteiger partial charge is 0.305 e. The van der Waals surface area contributed by atoms with E-state index < -0.39 is 12.0 Å². The molecule has 1 unspecified atom stereocenters. The van der Waals surface area contributed by atoms with Crippen LogP contribution in [0.3, 0.4) is 0 Å². The van der Waals surface area contributed by atoms with E-state index in [1.807, 2.05) is 34.9 Å². The van der Waals surface area contributed by atoms with Gasteiger partial charge in [-0.3, -0.25) is 9.59 Å². The molecule has 1 saturated heterocycles. The summed E-state index contributed by atoms with van der Waals surface area (Å²) < 4.78 is 7.40. The normalized spacial score (nSPS) is 18.0. The fourth-order valence-corrected chi connectivity index (χ4v) is 3.29. The van der Waals surface area contributed by atoms with Gasteiger partial charge in [-0.2, -0.15) is 0 Å². The second kappa shape index (κ2) is 7.05. The van der Waals surface area contributed by atoms with Crippen molar-refractivity contribution in [3.05, 3.63) is 36.0 Å². The van der Waals surface area contributed by atoms with E-state index in [9.17, 15) is 9.59 Å². The van der Waals surface area contributed by atoms with Crippen LogP contribution in [0.4, 0.5) is 0 Å². The van der Waals surface area contributed by atoms with Crippen LogP contribution in [0.25, 0.3) is 10.9 Å². The molecule has 1 aliphatic rings. The van der Waals surface area contributed by atoms with Crippen LogP contribution in [0.5, 0.6) is 0 Å². The first-order valence-corrected chi connectivity index (χ1v) is 8.30. The number of carbonyl (C=O) groups excluding carboxylic acids is 1. The van der Waals surface area contributed by atoms with Gasteiger partial charge in [0.25, 0.3) is 5.91 Å². The van der Waals surface area contributed by atoms with E-state index >= 15 is 0 Å². The molecule has 1 N–H and O–H groups in total. The number of hydrogen-bond acceptors (Lipinski definition) is 3. The fourth-order valence-electron chi connectivity index (χ4n) is 3.29. The summed E-state index contributed by atoms with van der Waals surface area (Å²) in [6, 6.07) is 9.40. The molecule has 1 fully saturated rings. The second-order valence-electron chi connectivity index (χ2n) is 6.07. The number of carboxylic acid groups (broad SMARTS) is 1. The van der Waals surface area contributed by atoms with E-state index in [1.54, 1.807) is 4.90 Å². The predicted octanol–water partition coefficient (Wildman–Crippen LogP) is 2.37. The second-order valence-corrected chi connectivity index (χ2v) is 6.07. The van der Waals surface area contributed by atoms with E-state index in [0.717, 1.165) is 23.9 Å². The molecule has 1 atom stereocenters. The van der Waals surface area contributed by atoms with E-state index in [-0.39, 0.29) is 18.9 Å². The third kappa shape index (κ3) is 3.14. The summed E-state index contributed by atoms with van der Waals surface area (Å²) >= 11 is 0. The van der Waals surface area contributed by atoms with Gasteiger partial charge in [0, 0.05) is 24.0 Å². The van der Waals surface area contributed by atoms with Crippen molar-refractivity contribution >= 4 is 22.8 Å². The third-order valence-electron chi connectivity index (χ3n) is 4.38. The third-order valence-corrected chi connectivity index (χ3v) is 4.38. The van der Waals surface area contributed by atoms with Crippen molar-refractivity contribution in [2.45, 2.75) is 32.4 Å². The zero-order valence-corrected chi connectivity index (χ0v) is 13.8. The van der Waals surface area contributed by atoms with Gasteiger partial charge in [-0.15, -0.1) is 0 Å². The maximum absolute atomic E-state index is 13.1. The first kappa shape index (κ1) is 16.5. The molecule has 2 aromatic rings. The Kier molecular flexibility index (Phi) is 4.85. The first-order chi connectivity index (χ1) is 11.6. The molecule has 1 aromatic carbocycles. The number of para-hydroxylation sites is 1. The number of benzene rings is 1. The highest BCUT2D eigenvalue weighted by atomic mass is 16.5. The average molecular weight is 330 g/mol. The molecular weight excluding hydrogens is 308 g/mol. The van der Waals surface area contributed by atoms with Gasteiger partial charge in [-0.05, 0) is 18.6 Å². The van der Waals surface area contributed by atoms with Gasteiger partial charge < -0.3 is 19.3 Å². The number of aryl methyl sites for hydroxylation is 1. The number of carbonyl (C=O) groups is 2. The molecule has 0 aliphatic carbocycles. The molecule has 128 valence electrons. The van der Waals surface area contributed by atoms with Gasteiger partial charge in [0.15, 0.2) is 0 Å². The number of aromatic nitrogens is 1. The van der Waals surface area contributed by atoms with Crippen molar-refractivity contribution in [3.8, 4) is 0 Å². The van der Waals surface area contributed by atoms with Gasteiger partial charge in [-0.1, -0.05) is 25.1 Å². The molecule has 1 aromatic heterocycles. The highest BCUT2D eigenvalue weighted by Crippen LogP contribution is 2.23. The average Bonchev–Trinajstić information content (AvgIpc) is 2.93. The van der Waals surface area contributed by atoms with Crippen LogP contribution in [0.15, 0.2) is 30.3 Å². The Balaban J connectivity index is 1.97. The van der Waals surface area contributed by atoms with E-state index in [4.69, 9.17) is 9.84 Å². The number of fused-ring (bicyclic) bond motifs is 1. The molecule has 3 rings (SSSR count). The summed E-state index contributed by atoms with van der Waals surface area (Å²) in [5, 5.41) is 10.1. The molecule has 1 aliphatic heterocycles. The van der Waals surface area contributed by atoms with Crippen LogP contribution in [0.1, 0.15) is 30.3 Å². The Bertz CT molecular complexity index is 753. The minimum absolute atomic E-state index is 0.0975. The van der Waals surface area contributed by atoms with Crippen LogP contribution in [0.2, 0.25) is 0 Å². The zero-order chi connectivity index (χ0) is 17.1. The summed E-state index contributed by atoms with van der Waals surface area (Å²) in [7, 11) is 0.